The van der Waals surface area contributed by atoms with Crippen molar-refractivity contribution in [2.24, 2.45) is 0 Å². The van der Waals surface area contributed by atoms with Gasteiger partial charge in [0, 0.05) is 22.3 Å². The van der Waals surface area contributed by atoms with E-state index in [4.69, 9.17) is 4.98 Å². The number of benzene rings is 5. The maximum Gasteiger partial charge on any atom is 0.402 e. The maximum absolute atomic E-state index is 13.2. The first-order valence-electron chi connectivity index (χ1n) is 13.6. The number of aromatic nitrogens is 3. The lowest BCUT2D eigenvalue weighted by Crippen LogP contribution is -2.37. The van der Waals surface area contributed by atoms with Crippen LogP contribution in [0.5, 0.6) is 0 Å². The van der Waals surface area contributed by atoms with E-state index < -0.39 is 0 Å². The molecule has 0 amide bonds. The van der Waals surface area contributed by atoms with Gasteiger partial charge >= 0.3 is 5.95 Å². The van der Waals surface area contributed by atoms with E-state index in [1.807, 2.05) is 66.7 Å². The number of nitrogens with one attached hydrogen (secondary N) is 1. The number of hydrogen-bond acceptors (Lipinski definition) is 2. The number of aromatic amines is 1. The summed E-state index contributed by atoms with van der Waals surface area (Å²) in [4.78, 5) is 21.8. The molecule has 0 radical (unpaired) electrons. The number of nitrogens with zero attached hydrogens (tertiary/aromatic N) is 2. The summed E-state index contributed by atoms with van der Waals surface area (Å²) in [6.45, 7) is 0. The van der Waals surface area contributed by atoms with Gasteiger partial charge in [-0.2, -0.15) is 4.57 Å². The first kappa shape index (κ1) is 24.4. The van der Waals surface area contributed by atoms with Crippen molar-refractivity contribution in [1.29, 1.82) is 0 Å². The third-order valence-electron chi connectivity index (χ3n) is 7.29. The molecule has 2 aromatic heterocycles. The predicted octanol–water partition coefficient (Wildman–Crippen LogP) is 8.07. The molecule has 1 N–H and O–H groups in total. The molecule has 0 bridgehead atoms. The zero-order valence-corrected chi connectivity index (χ0v) is 22.2. The summed E-state index contributed by atoms with van der Waals surface area (Å²) < 4.78 is 2.18. The van der Waals surface area contributed by atoms with Crippen molar-refractivity contribution in [3.63, 3.8) is 0 Å². The Hall–Kier alpha value is -5.61. The predicted molar refractivity (Wildman–Crippen MR) is 164 cm³/mol. The second kappa shape index (κ2) is 10.5. The van der Waals surface area contributed by atoms with Gasteiger partial charge in [-0.25, -0.2) is 4.98 Å². The number of hydrogen-bond donors (Lipinski definition) is 1. The molecule has 0 aliphatic rings. The standard InChI is InChI=1S/C37H25N3O/c41-36(29-19-11-4-12-20-29)30-21-22-32-33(23-30)39-37(38-32)40-34(27-15-7-2-8-16-27)24-31(26-13-5-1-6-14-26)25-35(40)28-17-9-3-10-18-28/h1-25H/p+1. The Kier molecular flexibility index (Phi) is 6.26. The van der Waals surface area contributed by atoms with Gasteiger partial charge in [-0.05, 0) is 41.5 Å². The van der Waals surface area contributed by atoms with Crippen molar-refractivity contribution in [1.82, 2.24) is 9.97 Å². The van der Waals surface area contributed by atoms with Crippen molar-refractivity contribution >= 4 is 16.8 Å². The highest BCUT2D eigenvalue weighted by Gasteiger charge is 2.25. The van der Waals surface area contributed by atoms with Gasteiger partial charge in [0.05, 0.1) is 0 Å². The van der Waals surface area contributed by atoms with Crippen molar-refractivity contribution < 1.29 is 9.36 Å². The average Bonchev–Trinajstić information content (AvgIpc) is 3.48. The summed E-state index contributed by atoms with van der Waals surface area (Å²) in [5.41, 5.74) is 9.28. The lowest BCUT2D eigenvalue weighted by Gasteiger charge is -2.15. The molecule has 0 fully saturated rings. The highest BCUT2D eigenvalue weighted by Crippen LogP contribution is 2.30. The van der Waals surface area contributed by atoms with Crippen LogP contribution in [0.1, 0.15) is 15.9 Å². The van der Waals surface area contributed by atoms with Crippen molar-refractivity contribution in [3.05, 3.63) is 163 Å². The van der Waals surface area contributed by atoms with Gasteiger partial charge < -0.3 is 0 Å². The first-order chi connectivity index (χ1) is 20.2. The van der Waals surface area contributed by atoms with Crippen LogP contribution in [0.4, 0.5) is 0 Å². The molecular formula is C37H26N3O+. The van der Waals surface area contributed by atoms with Crippen LogP contribution in [0.2, 0.25) is 0 Å². The zero-order chi connectivity index (χ0) is 27.6. The molecule has 0 unspecified atom stereocenters. The largest absolute Gasteiger partial charge is 0.402 e. The number of ketones is 1. The Bertz CT molecular complexity index is 1920. The van der Waals surface area contributed by atoms with E-state index in [2.05, 4.69) is 94.5 Å². The van der Waals surface area contributed by atoms with Crippen LogP contribution in [0, 0.1) is 0 Å². The number of carbonyl (C=O) groups is 1. The molecule has 41 heavy (non-hydrogen) atoms. The van der Waals surface area contributed by atoms with Crippen LogP contribution < -0.4 is 4.57 Å². The van der Waals surface area contributed by atoms with Crippen LogP contribution in [-0.2, 0) is 0 Å². The fourth-order valence-corrected chi connectivity index (χ4v) is 5.26. The second-order valence-electron chi connectivity index (χ2n) is 9.94. The van der Waals surface area contributed by atoms with E-state index >= 15 is 0 Å². The molecule has 0 aliphatic carbocycles. The van der Waals surface area contributed by atoms with Crippen LogP contribution >= 0.6 is 0 Å². The number of pyridine rings is 1. The Morgan fingerprint density at radius 3 is 1.59 bits per heavy atom. The van der Waals surface area contributed by atoms with Gasteiger partial charge in [0.25, 0.3) is 0 Å². The zero-order valence-electron chi connectivity index (χ0n) is 22.2. The summed E-state index contributed by atoms with van der Waals surface area (Å²) >= 11 is 0. The monoisotopic (exact) mass is 528 g/mol. The molecule has 194 valence electrons. The number of fused-ring (bicyclic) bond motifs is 1. The lowest BCUT2D eigenvalue weighted by atomic mass is 9.99. The minimum atomic E-state index is -0.0214. The van der Waals surface area contributed by atoms with Crippen LogP contribution in [0.25, 0.3) is 50.6 Å². The maximum atomic E-state index is 13.2. The summed E-state index contributed by atoms with van der Waals surface area (Å²) in [6.07, 6.45) is 0. The number of H-pyrrole nitrogens is 1. The van der Waals surface area contributed by atoms with Crippen molar-refractivity contribution in [2.75, 3.05) is 0 Å². The summed E-state index contributed by atoms with van der Waals surface area (Å²) in [5.74, 6) is 0.661. The smallest absolute Gasteiger partial charge is 0.289 e. The molecule has 4 nitrogen and oxygen atoms in total. The number of imidazole rings is 1. The minimum absolute atomic E-state index is 0.0214. The number of rotatable bonds is 6. The minimum Gasteiger partial charge on any atom is -0.289 e. The molecule has 0 aliphatic heterocycles. The topological polar surface area (TPSA) is 49.6 Å². The normalized spacial score (nSPS) is 11.0. The van der Waals surface area contributed by atoms with Gasteiger partial charge in [0.2, 0.25) is 0 Å². The van der Waals surface area contributed by atoms with E-state index in [1.54, 1.807) is 0 Å². The number of carbonyl (C=O) groups excluding carboxylic acids is 1. The molecule has 0 atom stereocenters. The van der Waals surface area contributed by atoms with E-state index in [9.17, 15) is 4.79 Å². The van der Waals surface area contributed by atoms with E-state index in [0.717, 1.165) is 44.7 Å². The van der Waals surface area contributed by atoms with Gasteiger partial charge in [-0.15, -0.1) is 0 Å². The van der Waals surface area contributed by atoms with Crippen molar-refractivity contribution in [3.8, 4) is 39.6 Å². The molecule has 2 heterocycles. The fourth-order valence-electron chi connectivity index (χ4n) is 5.26. The van der Waals surface area contributed by atoms with Crippen molar-refractivity contribution in [2.45, 2.75) is 0 Å². The highest BCUT2D eigenvalue weighted by atomic mass is 16.1. The fraction of sp³-hybridized carbons (Fsp3) is 0. The van der Waals surface area contributed by atoms with E-state index in [-0.39, 0.29) is 5.78 Å². The molecule has 0 spiro atoms. The molecule has 4 heteroatoms. The second-order valence-corrected chi connectivity index (χ2v) is 9.94. The van der Waals surface area contributed by atoms with Crippen LogP contribution in [0.3, 0.4) is 0 Å². The Morgan fingerprint density at radius 2 is 1.02 bits per heavy atom. The summed E-state index contributed by atoms with van der Waals surface area (Å²) in [7, 11) is 0. The van der Waals surface area contributed by atoms with E-state index in [1.165, 1.54) is 0 Å². The molecule has 7 aromatic rings. The highest BCUT2D eigenvalue weighted by molar-refractivity contribution is 6.10. The Morgan fingerprint density at radius 1 is 0.512 bits per heavy atom. The molecular weight excluding hydrogens is 502 g/mol. The summed E-state index contributed by atoms with van der Waals surface area (Å²) in [5, 5.41) is 0. The Balaban J connectivity index is 1.46. The first-order valence-corrected chi connectivity index (χ1v) is 13.6. The van der Waals surface area contributed by atoms with Gasteiger partial charge in [-0.3, -0.25) is 4.79 Å². The quantitative estimate of drug-likeness (QED) is 0.175. The SMILES string of the molecule is O=C(c1ccccc1)c1ccc2[nH]c(-[n+]3c(-c4ccccc4)cc(-c4ccccc4)cc3-c3ccccc3)nc2c1. The average molecular weight is 529 g/mol. The van der Waals surface area contributed by atoms with E-state index in [0.29, 0.717) is 17.1 Å². The summed E-state index contributed by atoms with van der Waals surface area (Å²) in [6, 6.07) is 50.6. The van der Waals surface area contributed by atoms with Gasteiger partial charge in [0.1, 0.15) is 16.9 Å². The Labute approximate surface area is 238 Å². The molecule has 5 aromatic carbocycles. The third kappa shape index (κ3) is 4.72. The van der Waals surface area contributed by atoms with Crippen LogP contribution in [0.15, 0.2) is 152 Å². The third-order valence-corrected chi connectivity index (χ3v) is 7.29. The van der Waals surface area contributed by atoms with Crippen LogP contribution in [-0.4, -0.2) is 15.8 Å². The van der Waals surface area contributed by atoms with Gasteiger partial charge in [-0.1, -0.05) is 126 Å². The molecule has 7 rings (SSSR count). The lowest BCUT2D eigenvalue weighted by molar-refractivity contribution is -0.579. The molecule has 0 saturated heterocycles. The molecule has 0 saturated carbocycles. The van der Waals surface area contributed by atoms with Gasteiger partial charge in [0.15, 0.2) is 11.3 Å².